The maximum Gasteiger partial charge on any atom is 0.263 e. The highest BCUT2D eigenvalue weighted by Gasteiger charge is 2.24. The van der Waals surface area contributed by atoms with E-state index in [4.69, 9.17) is 15.6 Å². The van der Waals surface area contributed by atoms with E-state index < -0.39 is 10.0 Å². The maximum atomic E-state index is 12.6. The van der Waals surface area contributed by atoms with E-state index in [9.17, 15) is 8.42 Å². The normalized spacial score (nSPS) is 12.8. The van der Waals surface area contributed by atoms with Crippen molar-refractivity contribution in [1.82, 2.24) is 4.98 Å². The number of thiazole rings is 1. The third-order valence-corrected chi connectivity index (χ3v) is 6.81. The van der Waals surface area contributed by atoms with Crippen molar-refractivity contribution < 1.29 is 18.3 Å². The number of ether oxygens (including phenoxy) is 1. The van der Waals surface area contributed by atoms with Crippen molar-refractivity contribution in [2.45, 2.75) is 4.90 Å². The summed E-state index contributed by atoms with van der Waals surface area (Å²) in [6.07, 6.45) is 2.29. The SMILES string of the molecule is C=CO.Nc1ccc(N2CCOc3cc(S(=O)(=O)Nc4nccs4)ccc32)c(Br)c1. The van der Waals surface area contributed by atoms with Gasteiger partial charge in [-0.3, -0.25) is 4.72 Å². The molecule has 8 nitrogen and oxygen atoms in total. The van der Waals surface area contributed by atoms with E-state index in [2.05, 4.69) is 37.1 Å². The van der Waals surface area contributed by atoms with Crippen LogP contribution in [-0.2, 0) is 10.0 Å². The van der Waals surface area contributed by atoms with E-state index in [0.29, 0.717) is 29.7 Å². The number of aromatic nitrogens is 1. The van der Waals surface area contributed by atoms with Gasteiger partial charge in [0.1, 0.15) is 12.4 Å². The molecular formula is C19H19BrN4O4S2. The van der Waals surface area contributed by atoms with Crippen LogP contribution >= 0.6 is 27.3 Å². The molecule has 0 radical (unpaired) electrons. The molecule has 30 heavy (non-hydrogen) atoms. The minimum Gasteiger partial charge on any atom is -0.516 e. The second kappa shape index (κ2) is 9.37. The van der Waals surface area contributed by atoms with Crippen molar-refractivity contribution in [3.8, 4) is 5.75 Å². The molecule has 0 amide bonds. The van der Waals surface area contributed by atoms with Crippen molar-refractivity contribution in [3.05, 3.63) is 65.3 Å². The summed E-state index contributed by atoms with van der Waals surface area (Å²) in [7, 11) is -3.74. The zero-order valence-electron chi connectivity index (χ0n) is 15.7. The predicted octanol–water partition coefficient (Wildman–Crippen LogP) is 4.51. The number of aliphatic hydroxyl groups excluding tert-OH is 1. The van der Waals surface area contributed by atoms with E-state index in [1.807, 2.05) is 18.2 Å². The molecule has 0 spiro atoms. The number of fused-ring (bicyclic) bond motifs is 1. The molecule has 2 heterocycles. The number of hydrogen-bond acceptors (Lipinski definition) is 8. The van der Waals surface area contributed by atoms with Crippen LogP contribution in [0.2, 0.25) is 0 Å². The quantitative estimate of drug-likeness (QED) is 0.349. The summed E-state index contributed by atoms with van der Waals surface area (Å²) < 4.78 is 34.2. The fourth-order valence-electron chi connectivity index (χ4n) is 2.81. The third kappa shape index (κ3) is 4.86. The van der Waals surface area contributed by atoms with Gasteiger partial charge in [0, 0.05) is 27.8 Å². The number of nitrogens with two attached hydrogens (primary N) is 1. The molecule has 1 aliphatic rings. The largest absolute Gasteiger partial charge is 0.516 e. The molecule has 0 saturated heterocycles. The highest BCUT2D eigenvalue weighted by molar-refractivity contribution is 9.10. The second-order valence-electron chi connectivity index (χ2n) is 5.97. The lowest BCUT2D eigenvalue weighted by atomic mass is 10.2. The van der Waals surface area contributed by atoms with Crippen molar-refractivity contribution in [2.24, 2.45) is 0 Å². The molecule has 4 N–H and O–H groups in total. The number of nitrogens with one attached hydrogen (secondary N) is 1. The summed E-state index contributed by atoms with van der Waals surface area (Å²) in [6, 6.07) is 10.4. The minimum atomic E-state index is -3.74. The highest BCUT2D eigenvalue weighted by Crippen LogP contribution is 2.41. The van der Waals surface area contributed by atoms with Crippen LogP contribution in [-0.4, -0.2) is 31.7 Å². The Hall–Kier alpha value is -2.76. The fourth-order valence-corrected chi connectivity index (χ4v) is 5.22. The zero-order chi connectivity index (χ0) is 21.7. The lowest BCUT2D eigenvalue weighted by Gasteiger charge is -2.32. The van der Waals surface area contributed by atoms with Gasteiger partial charge < -0.3 is 20.5 Å². The summed E-state index contributed by atoms with van der Waals surface area (Å²) >= 11 is 4.76. The van der Waals surface area contributed by atoms with Gasteiger partial charge in [0.2, 0.25) is 0 Å². The fraction of sp³-hybridized carbons (Fsp3) is 0.105. The number of rotatable bonds is 4. The van der Waals surface area contributed by atoms with Gasteiger partial charge in [-0.15, -0.1) is 11.3 Å². The van der Waals surface area contributed by atoms with Gasteiger partial charge in [-0.1, -0.05) is 6.58 Å². The Balaban J connectivity index is 0.000000806. The van der Waals surface area contributed by atoms with Gasteiger partial charge in [-0.25, -0.2) is 13.4 Å². The smallest absolute Gasteiger partial charge is 0.263 e. The summed E-state index contributed by atoms with van der Waals surface area (Å²) in [5.74, 6) is 0.506. The summed E-state index contributed by atoms with van der Waals surface area (Å²) in [4.78, 5) is 6.14. The first-order valence-electron chi connectivity index (χ1n) is 8.62. The van der Waals surface area contributed by atoms with Crippen molar-refractivity contribution >= 4 is 59.5 Å². The minimum absolute atomic E-state index is 0.120. The number of hydrogen-bond donors (Lipinski definition) is 3. The highest BCUT2D eigenvalue weighted by atomic mass is 79.9. The lowest BCUT2D eigenvalue weighted by Crippen LogP contribution is -2.29. The number of anilines is 4. The van der Waals surface area contributed by atoms with Crippen LogP contribution in [0, 0.1) is 0 Å². The van der Waals surface area contributed by atoms with Crippen LogP contribution in [0.25, 0.3) is 0 Å². The van der Waals surface area contributed by atoms with Crippen LogP contribution in [0.15, 0.2) is 70.2 Å². The Morgan fingerprint density at radius 2 is 2.03 bits per heavy atom. The zero-order valence-corrected chi connectivity index (χ0v) is 18.9. The van der Waals surface area contributed by atoms with Gasteiger partial charge >= 0.3 is 0 Å². The van der Waals surface area contributed by atoms with E-state index in [-0.39, 0.29) is 4.90 Å². The predicted molar refractivity (Wildman–Crippen MR) is 123 cm³/mol. The number of sulfonamides is 1. The van der Waals surface area contributed by atoms with Gasteiger partial charge in [0.05, 0.1) is 29.1 Å². The molecule has 3 aromatic rings. The molecule has 158 valence electrons. The Kier molecular flexibility index (Phi) is 6.85. The average molecular weight is 511 g/mol. The first kappa shape index (κ1) is 21.9. The molecule has 1 aromatic heterocycles. The molecular weight excluding hydrogens is 492 g/mol. The van der Waals surface area contributed by atoms with Gasteiger partial charge in [0.25, 0.3) is 10.0 Å². The summed E-state index contributed by atoms with van der Waals surface area (Å²) in [5, 5.41) is 9.36. The van der Waals surface area contributed by atoms with E-state index in [1.54, 1.807) is 23.7 Å². The topological polar surface area (TPSA) is 118 Å². The van der Waals surface area contributed by atoms with Crippen molar-refractivity contribution in [2.75, 3.05) is 28.5 Å². The van der Waals surface area contributed by atoms with Gasteiger partial charge in [-0.05, 0) is 46.3 Å². The standard InChI is InChI=1S/C17H15BrN4O3S2.C2H4O/c18-13-9-11(19)1-3-14(13)22-6-7-25-16-10-12(2-4-15(16)22)27(23,24)21-17-20-5-8-26-17;1-2-3/h1-5,8-10H,6-7,19H2,(H,20,21);2-3H,1H2. The first-order chi connectivity index (χ1) is 14.4. The molecule has 0 unspecified atom stereocenters. The summed E-state index contributed by atoms with van der Waals surface area (Å²) in [6.45, 7) is 3.99. The van der Waals surface area contributed by atoms with Gasteiger partial charge in [0.15, 0.2) is 5.13 Å². The Labute approximate surface area is 186 Å². The number of aliphatic hydroxyl groups is 1. The van der Waals surface area contributed by atoms with Crippen LogP contribution in [0.3, 0.4) is 0 Å². The third-order valence-electron chi connectivity index (χ3n) is 4.02. The number of halogens is 1. The molecule has 0 aliphatic carbocycles. The van der Waals surface area contributed by atoms with E-state index in [0.717, 1.165) is 22.1 Å². The Morgan fingerprint density at radius 3 is 2.70 bits per heavy atom. The number of benzene rings is 2. The number of nitrogens with zero attached hydrogens (tertiary/aromatic N) is 2. The van der Waals surface area contributed by atoms with Crippen LogP contribution in [0.5, 0.6) is 5.75 Å². The van der Waals surface area contributed by atoms with Crippen molar-refractivity contribution in [1.29, 1.82) is 0 Å². The second-order valence-corrected chi connectivity index (χ2v) is 9.40. The summed E-state index contributed by atoms with van der Waals surface area (Å²) in [5.41, 5.74) is 8.21. The molecule has 0 atom stereocenters. The Morgan fingerprint density at radius 1 is 1.30 bits per heavy atom. The number of nitrogen functional groups attached to an aromatic ring is 1. The lowest BCUT2D eigenvalue weighted by molar-refractivity contribution is 0.313. The Bertz CT molecular complexity index is 1140. The van der Waals surface area contributed by atoms with E-state index >= 15 is 0 Å². The van der Waals surface area contributed by atoms with Crippen LogP contribution < -0.4 is 20.1 Å². The molecule has 0 bridgehead atoms. The van der Waals surface area contributed by atoms with Crippen LogP contribution in [0.4, 0.5) is 22.2 Å². The van der Waals surface area contributed by atoms with Crippen molar-refractivity contribution in [3.63, 3.8) is 0 Å². The van der Waals surface area contributed by atoms with Crippen LogP contribution in [0.1, 0.15) is 0 Å². The van der Waals surface area contributed by atoms with E-state index in [1.165, 1.54) is 17.4 Å². The monoisotopic (exact) mass is 510 g/mol. The average Bonchev–Trinajstić information content (AvgIpc) is 3.20. The first-order valence-corrected chi connectivity index (χ1v) is 11.8. The molecule has 0 saturated carbocycles. The molecule has 4 rings (SSSR count). The maximum absolute atomic E-state index is 12.6. The molecule has 0 fully saturated rings. The molecule has 2 aromatic carbocycles. The molecule has 11 heteroatoms. The van der Waals surface area contributed by atoms with Gasteiger partial charge in [-0.2, -0.15) is 0 Å². The molecule has 1 aliphatic heterocycles.